The van der Waals surface area contributed by atoms with E-state index in [2.05, 4.69) is 20.1 Å². The van der Waals surface area contributed by atoms with Crippen molar-refractivity contribution in [3.8, 4) is 11.6 Å². The van der Waals surface area contributed by atoms with Crippen molar-refractivity contribution in [3.05, 3.63) is 58.0 Å². The Morgan fingerprint density at radius 3 is 2.19 bits per heavy atom. The van der Waals surface area contributed by atoms with E-state index in [1.54, 1.807) is 4.90 Å². The fourth-order valence-corrected chi connectivity index (χ4v) is 4.80. The maximum Gasteiger partial charge on any atom is 0.434 e. The second-order valence-electron chi connectivity index (χ2n) is 9.64. The summed E-state index contributed by atoms with van der Waals surface area (Å²) in [6.45, 7) is 1.50. The SMILES string of the molecule is O=C(c1cc(Oc2n[nH]c(=O)c(C(F)(F)F)c2N2CCCCC2)ccn1)N1CCN(c2cnc(C(F)(F)F)cn2)CC1. The molecule has 5 heterocycles. The van der Waals surface area contributed by atoms with Crippen LogP contribution in [0, 0.1) is 0 Å². The van der Waals surface area contributed by atoms with Gasteiger partial charge in [-0.25, -0.2) is 15.1 Å². The molecule has 0 atom stereocenters. The van der Waals surface area contributed by atoms with Crippen LogP contribution in [0.25, 0.3) is 0 Å². The molecule has 3 aromatic heterocycles. The van der Waals surface area contributed by atoms with E-state index in [0.717, 1.165) is 12.6 Å². The van der Waals surface area contributed by atoms with E-state index in [4.69, 9.17) is 4.74 Å². The minimum atomic E-state index is -4.96. The molecule has 2 fully saturated rings. The van der Waals surface area contributed by atoms with Crippen LogP contribution in [0.2, 0.25) is 0 Å². The number of rotatable bonds is 5. The van der Waals surface area contributed by atoms with Crippen LogP contribution in [0.3, 0.4) is 0 Å². The van der Waals surface area contributed by atoms with E-state index in [9.17, 15) is 35.9 Å². The number of piperidine rings is 1. The first-order valence-corrected chi connectivity index (χ1v) is 12.9. The Kier molecular flexibility index (Phi) is 7.92. The summed E-state index contributed by atoms with van der Waals surface area (Å²) in [6, 6.07) is 2.61. The number of carbonyl (C=O) groups is 1. The van der Waals surface area contributed by atoms with Gasteiger partial charge in [0.1, 0.15) is 22.9 Å². The molecule has 17 heteroatoms. The Labute approximate surface area is 234 Å². The highest BCUT2D eigenvalue weighted by Crippen LogP contribution is 2.40. The molecule has 0 aromatic carbocycles. The van der Waals surface area contributed by atoms with Crippen molar-refractivity contribution in [2.24, 2.45) is 0 Å². The molecular weight excluding hydrogens is 574 g/mol. The molecule has 3 aromatic rings. The summed E-state index contributed by atoms with van der Waals surface area (Å²) in [5.41, 5.74) is -4.41. The van der Waals surface area contributed by atoms with Crippen LogP contribution in [0.4, 0.5) is 37.8 Å². The van der Waals surface area contributed by atoms with E-state index >= 15 is 0 Å². The van der Waals surface area contributed by atoms with Crippen molar-refractivity contribution < 1.29 is 35.9 Å². The van der Waals surface area contributed by atoms with Crippen molar-refractivity contribution in [1.82, 2.24) is 30.0 Å². The van der Waals surface area contributed by atoms with Crippen molar-refractivity contribution in [2.75, 3.05) is 49.1 Å². The van der Waals surface area contributed by atoms with Crippen molar-refractivity contribution in [1.29, 1.82) is 0 Å². The van der Waals surface area contributed by atoms with E-state index < -0.39 is 46.6 Å². The number of pyridine rings is 1. The van der Waals surface area contributed by atoms with Gasteiger partial charge in [-0.3, -0.25) is 14.6 Å². The van der Waals surface area contributed by atoms with Gasteiger partial charge in [0, 0.05) is 51.5 Å². The van der Waals surface area contributed by atoms with Crippen LogP contribution >= 0.6 is 0 Å². The summed E-state index contributed by atoms with van der Waals surface area (Å²) < 4.78 is 85.7. The summed E-state index contributed by atoms with van der Waals surface area (Å²) in [6.07, 6.45) is -4.53. The Morgan fingerprint density at radius 1 is 0.857 bits per heavy atom. The van der Waals surface area contributed by atoms with Crippen molar-refractivity contribution in [2.45, 2.75) is 31.6 Å². The molecule has 0 aliphatic carbocycles. The number of hydrogen-bond acceptors (Lipinski definition) is 9. The number of aromatic amines is 1. The van der Waals surface area contributed by atoms with Gasteiger partial charge < -0.3 is 19.4 Å². The average molecular weight is 599 g/mol. The Bertz CT molecular complexity index is 1480. The molecule has 2 aliphatic heterocycles. The van der Waals surface area contributed by atoms with Gasteiger partial charge in [-0.1, -0.05) is 0 Å². The highest BCUT2D eigenvalue weighted by atomic mass is 19.4. The summed E-state index contributed by atoms with van der Waals surface area (Å²) in [7, 11) is 0. The molecule has 0 unspecified atom stereocenters. The summed E-state index contributed by atoms with van der Waals surface area (Å²) in [4.78, 5) is 41.2. The van der Waals surface area contributed by atoms with Gasteiger partial charge in [-0.15, -0.1) is 5.10 Å². The van der Waals surface area contributed by atoms with Crippen LogP contribution in [-0.4, -0.2) is 75.2 Å². The second-order valence-corrected chi connectivity index (χ2v) is 9.64. The molecule has 0 saturated carbocycles. The van der Waals surface area contributed by atoms with Gasteiger partial charge in [0.05, 0.1) is 12.4 Å². The van der Waals surface area contributed by atoms with Crippen LogP contribution in [-0.2, 0) is 12.4 Å². The third-order valence-electron chi connectivity index (χ3n) is 6.87. The number of carbonyl (C=O) groups excluding carboxylic acids is 1. The topological polar surface area (TPSA) is 120 Å². The summed E-state index contributed by atoms with van der Waals surface area (Å²) >= 11 is 0. The van der Waals surface area contributed by atoms with Gasteiger partial charge in [-0.05, 0) is 25.3 Å². The van der Waals surface area contributed by atoms with Gasteiger partial charge >= 0.3 is 12.4 Å². The molecule has 0 spiro atoms. The Hall–Kier alpha value is -4.44. The number of alkyl halides is 6. The maximum absolute atomic E-state index is 13.9. The zero-order chi connectivity index (χ0) is 30.1. The van der Waals surface area contributed by atoms with E-state index in [1.807, 2.05) is 5.10 Å². The smallest absolute Gasteiger partial charge is 0.434 e. The van der Waals surface area contributed by atoms with Gasteiger partial charge in [0.2, 0.25) is 0 Å². The number of H-pyrrole nitrogens is 1. The molecule has 0 radical (unpaired) electrons. The number of anilines is 2. The number of aromatic nitrogens is 5. The van der Waals surface area contributed by atoms with Gasteiger partial charge in [0.25, 0.3) is 17.3 Å². The predicted molar refractivity (Wildman–Crippen MR) is 135 cm³/mol. The van der Waals surface area contributed by atoms with Crippen LogP contribution < -0.4 is 20.1 Å². The molecule has 224 valence electrons. The average Bonchev–Trinajstić information content (AvgIpc) is 2.97. The summed E-state index contributed by atoms with van der Waals surface area (Å²) in [5.74, 6) is -0.724. The fourth-order valence-electron chi connectivity index (χ4n) is 4.80. The highest BCUT2D eigenvalue weighted by Gasteiger charge is 2.41. The van der Waals surface area contributed by atoms with E-state index in [0.29, 0.717) is 19.0 Å². The minimum absolute atomic E-state index is 0.0158. The number of piperazine rings is 1. The number of ether oxygens (including phenoxy) is 1. The van der Waals surface area contributed by atoms with Crippen molar-refractivity contribution >= 4 is 17.4 Å². The number of halogens is 6. The number of nitrogens with one attached hydrogen (secondary N) is 1. The molecule has 11 nitrogen and oxygen atoms in total. The molecule has 5 rings (SSSR count). The largest absolute Gasteiger partial charge is 0.436 e. The quantitative estimate of drug-likeness (QED) is 0.438. The number of nitrogens with zero attached hydrogens (tertiary/aromatic N) is 7. The first kappa shape index (κ1) is 29.1. The highest BCUT2D eigenvalue weighted by molar-refractivity contribution is 5.92. The lowest BCUT2D eigenvalue weighted by Crippen LogP contribution is -2.49. The molecule has 1 N–H and O–H groups in total. The van der Waals surface area contributed by atoms with Gasteiger partial charge in [0.15, 0.2) is 11.3 Å². The molecule has 42 heavy (non-hydrogen) atoms. The molecule has 1 amide bonds. The lowest BCUT2D eigenvalue weighted by Gasteiger charge is -2.35. The lowest BCUT2D eigenvalue weighted by atomic mass is 10.1. The monoisotopic (exact) mass is 598 g/mol. The van der Waals surface area contributed by atoms with Crippen LogP contribution in [0.5, 0.6) is 11.6 Å². The first-order chi connectivity index (χ1) is 19.9. The Morgan fingerprint density at radius 2 is 1.57 bits per heavy atom. The third-order valence-corrected chi connectivity index (χ3v) is 6.87. The normalized spacial score (nSPS) is 16.5. The maximum atomic E-state index is 13.9. The lowest BCUT2D eigenvalue weighted by molar-refractivity contribution is -0.141. The zero-order valence-corrected chi connectivity index (χ0v) is 21.9. The van der Waals surface area contributed by atoms with Crippen LogP contribution in [0.15, 0.2) is 35.5 Å². The number of amides is 1. The predicted octanol–water partition coefficient (Wildman–Crippen LogP) is 3.74. The van der Waals surface area contributed by atoms with Crippen LogP contribution in [0.1, 0.15) is 41.0 Å². The van der Waals surface area contributed by atoms with E-state index in [-0.39, 0.29) is 56.5 Å². The number of hydrogen-bond donors (Lipinski definition) is 1. The minimum Gasteiger partial charge on any atom is -0.436 e. The molecule has 2 aliphatic rings. The van der Waals surface area contributed by atoms with Gasteiger partial charge in [-0.2, -0.15) is 26.3 Å². The Balaban J connectivity index is 1.31. The first-order valence-electron chi connectivity index (χ1n) is 12.9. The summed E-state index contributed by atoms with van der Waals surface area (Å²) in [5, 5.41) is 5.60. The molecule has 2 saturated heterocycles. The van der Waals surface area contributed by atoms with Crippen molar-refractivity contribution in [3.63, 3.8) is 0 Å². The standard InChI is InChI=1S/C25H24F6N8O3/c26-24(27,28)17-13-34-18(14-33-17)37-8-10-39(11-9-37)23(41)16-12-15(4-5-32-16)42-22-20(38-6-2-1-3-7-38)19(25(29,30)31)21(40)35-36-22/h4-5,12-14H,1-3,6-11H2,(H,35,40). The second kappa shape index (κ2) is 11.4. The third kappa shape index (κ3) is 6.23. The molecular formula is C25H24F6N8O3. The zero-order valence-electron chi connectivity index (χ0n) is 21.9. The van der Waals surface area contributed by atoms with E-state index in [1.165, 1.54) is 28.1 Å². The molecule has 0 bridgehead atoms. The fraction of sp³-hybridized carbons (Fsp3) is 0.440.